The van der Waals surface area contributed by atoms with Gasteiger partial charge < -0.3 is 9.88 Å². The van der Waals surface area contributed by atoms with Crippen molar-refractivity contribution in [2.45, 2.75) is 38.3 Å². The Hall–Kier alpha value is -1.47. The molecule has 1 aromatic carbocycles. The first-order chi connectivity index (χ1) is 10.6. The summed E-state index contributed by atoms with van der Waals surface area (Å²) in [6.07, 6.45) is 1.78. The number of aromatic nitrogens is 3. The van der Waals surface area contributed by atoms with Gasteiger partial charge in [-0.3, -0.25) is 9.89 Å². The molecule has 0 radical (unpaired) electrons. The molecule has 2 aromatic rings. The van der Waals surface area contributed by atoms with Crippen LogP contribution in [-0.4, -0.2) is 20.7 Å². The maximum atomic E-state index is 12.6. The molecule has 1 aromatic heterocycles. The molecule has 7 heteroatoms. The van der Waals surface area contributed by atoms with Crippen LogP contribution in [-0.2, 0) is 23.3 Å². The Morgan fingerprint density at radius 3 is 2.73 bits per heavy atom. The minimum Gasteiger partial charge on any atom is -0.348 e. The number of carbonyl (C=O) groups is 1. The number of hydrogen-bond donors (Lipinski definition) is 2. The summed E-state index contributed by atoms with van der Waals surface area (Å²) in [5, 5.41) is 9.94. The molecule has 1 aliphatic rings. The van der Waals surface area contributed by atoms with Crippen molar-refractivity contribution in [2.75, 3.05) is 0 Å². The van der Waals surface area contributed by atoms with Crippen molar-refractivity contribution in [3.05, 3.63) is 44.9 Å². The number of halogens is 1. The maximum Gasteiger partial charge on any atom is 0.231 e. The van der Waals surface area contributed by atoms with E-state index in [1.165, 1.54) is 0 Å². The van der Waals surface area contributed by atoms with Crippen molar-refractivity contribution in [1.29, 1.82) is 0 Å². The molecular weight excluding hydrogens is 364 g/mol. The third kappa shape index (κ3) is 2.75. The molecule has 1 fully saturated rings. The molecule has 22 heavy (non-hydrogen) atoms. The van der Waals surface area contributed by atoms with Crippen LogP contribution in [0.15, 0.2) is 28.7 Å². The summed E-state index contributed by atoms with van der Waals surface area (Å²) in [5.41, 5.74) is 0.702. The van der Waals surface area contributed by atoms with Crippen LogP contribution in [0, 0.1) is 4.77 Å². The first-order valence-electron chi connectivity index (χ1n) is 7.25. The summed E-state index contributed by atoms with van der Waals surface area (Å²) in [6, 6.07) is 7.98. The Kier molecular flexibility index (Phi) is 4.18. The van der Waals surface area contributed by atoms with E-state index in [2.05, 4.69) is 31.4 Å². The SMILES string of the molecule is CCn1c(CNC(=O)C2(c3ccc(Br)cc3)CC2)n[nH]c1=S. The van der Waals surface area contributed by atoms with Gasteiger partial charge in [0.25, 0.3) is 0 Å². The van der Waals surface area contributed by atoms with E-state index in [0.717, 1.165) is 35.2 Å². The largest absolute Gasteiger partial charge is 0.348 e. The summed E-state index contributed by atoms with van der Waals surface area (Å²) >= 11 is 8.58. The monoisotopic (exact) mass is 380 g/mol. The molecule has 1 amide bonds. The molecule has 0 atom stereocenters. The quantitative estimate of drug-likeness (QED) is 0.783. The number of rotatable bonds is 5. The lowest BCUT2D eigenvalue weighted by Gasteiger charge is -2.16. The highest BCUT2D eigenvalue weighted by molar-refractivity contribution is 9.10. The van der Waals surface area contributed by atoms with Crippen LogP contribution in [0.4, 0.5) is 0 Å². The van der Waals surface area contributed by atoms with E-state index in [1.54, 1.807) is 0 Å². The van der Waals surface area contributed by atoms with Gasteiger partial charge in [-0.1, -0.05) is 28.1 Å². The van der Waals surface area contributed by atoms with Gasteiger partial charge in [0, 0.05) is 11.0 Å². The van der Waals surface area contributed by atoms with Crippen molar-refractivity contribution >= 4 is 34.1 Å². The predicted octanol–water partition coefficient (Wildman–Crippen LogP) is 3.07. The Bertz CT molecular complexity index is 746. The highest BCUT2D eigenvalue weighted by atomic mass is 79.9. The molecule has 3 rings (SSSR count). The molecular formula is C15H17BrN4OS. The van der Waals surface area contributed by atoms with Crippen molar-refractivity contribution < 1.29 is 4.79 Å². The number of nitrogens with zero attached hydrogens (tertiary/aromatic N) is 2. The summed E-state index contributed by atoms with van der Waals surface area (Å²) in [4.78, 5) is 12.6. The van der Waals surface area contributed by atoms with Gasteiger partial charge in [-0.15, -0.1) is 0 Å². The Labute approximate surface area is 142 Å². The number of amides is 1. The molecule has 1 heterocycles. The molecule has 0 unspecified atom stereocenters. The second kappa shape index (κ2) is 5.96. The molecule has 5 nitrogen and oxygen atoms in total. The zero-order valence-electron chi connectivity index (χ0n) is 12.2. The fraction of sp³-hybridized carbons (Fsp3) is 0.400. The van der Waals surface area contributed by atoms with E-state index >= 15 is 0 Å². The number of carbonyl (C=O) groups excluding carboxylic acids is 1. The zero-order valence-corrected chi connectivity index (χ0v) is 14.6. The number of nitrogens with one attached hydrogen (secondary N) is 2. The van der Waals surface area contributed by atoms with E-state index in [0.29, 0.717) is 11.3 Å². The number of aromatic amines is 1. The van der Waals surface area contributed by atoms with Crippen LogP contribution < -0.4 is 5.32 Å². The van der Waals surface area contributed by atoms with Crippen molar-refractivity contribution in [1.82, 2.24) is 20.1 Å². The number of hydrogen-bond acceptors (Lipinski definition) is 3. The van der Waals surface area contributed by atoms with Gasteiger partial charge in [-0.05, 0) is 49.7 Å². The molecule has 0 bridgehead atoms. The normalized spacial score (nSPS) is 15.5. The van der Waals surface area contributed by atoms with Crippen LogP contribution >= 0.6 is 28.1 Å². The molecule has 1 aliphatic carbocycles. The van der Waals surface area contributed by atoms with Gasteiger partial charge in [0.05, 0.1) is 12.0 Å². The van der Waals surface area contributed by atoms with Crippen molar-refractivity contribution in [3.8, 4) is 0 Å². The summed E-state index contributed by atoms with van der Waals surface area (Å²) in [5.74, 6) is 0.818. The van der Waals surface area contributed by atoms with E-state index in [9.17, 15) is 4.79 Å². The molecule has 2 N–H and O–H groups in total. The number of benzene rings is 1. The van der Waals surface area contributed by atoms with E-state index in [1.807, 2.05) is 35.8 Å². The second-order valence-corrected chi connectivity index (χ2v) is 6.76. The minimum atomic E-state index is -0.370. The lowest BCUT2D eigenvalue weighted by molar-refractivity contribution is -0.123. The summed E-state index contributed by atoms with van der Waals surface area (Å²) in [6.45, 7) is 3.12. The Morgan fingerprint density at radius 2 is 2.14 bits per heavy atom. The van der Waals surface area contributed by atoms with Gasteiger partial charge in [0.2, 0.25) is 5.91 Å². The molecule has 0 aliphatic heterocycles. The summed E-state index contributed by atoms with van der Waals surface area (Å²) < 4.78 is 3.49. The van der Waals surface area contributed by atoms with Gasteiger partial charge in [-0.2, -0.15) is 5.10 Å². The second-order valence-electron chi connectivity index (χ2n) is 5.46. The average molecular weight is 381 g/mol. The molecule has 1 saturated carbocycles. The molecule has 0 saturated heterocycles. The van der Waals surface area contributed by atoms with Crippen molar-refractivity contribution in [3.63, 3.8) is 0 Å². The standard InChI is InChI=1S/C15H17BrN4OS/c1-2-20-12(18-19-14(20)22)9-17-13(21)15(7-8-15)10-3-5-11(16)6-4-10/h3-6H,2,7-9H2,1H3,(H,17,21)(H,19,22). The third-order valence-corrected chi connectivity index (χ3v) is 4.98. The first kappa shape index (κ1) is 15.4. The van der Waals surface area contributed by atoms with Gasteiger partial charge in [-0.25, -0.2) is 0 Å². The van der Waals surface area contributed by atoms with Crippen LogP contribution in [0.25, 0.3) is 0 Å². The van der Waals surface area contributed by atoms with Gasteiger partial charge in [0.1, 0.15) is 0 Å². The van der Waals surface area contributed by atoms with Crippen LogP contribution in [0.5, 0.6) is 0 Å². The third-order valence-electron chi connectivity index (χ3n) is 4.14. The number of H-pyrrole nitrogens is 1. The van der Waals surface area contributed by atoms with Crippen LogP contribution in [0.2, 0.25) is 0 Å². The highest BCUT2D eigenvalue weighted by Gasteiger charge is 2.51. The molecule has 0 spiro atoms. The highest BCUT2D eigenvalue weighted by Crippen LogP contribution is 2.48. The lowest BCUT2D eigenvalue weighted by atomic mass is 9.95. The average Bonchev–Trinajstić information content (AvgIpc) is 3.25. The maximum absolute atomic E-state index is 12.6. The van der Waals surface area contributed by atoms with E-state index < -0.39 is 0 Å². The van der Waals surface area contributed by atoms with Crippen LogP contribution in [0.3, 0.4) is 0 Å². The fourth-order valence-electron chi connectivity index (χ4n) is 2.68. The Balaban J connectivity index is 1.72. The van der Waals surface area contributed by atoms with Gasteiger partial charge >= 0.3 is 0 Å². The first-order valence-corrected chi connectivity index (χ1v) is 8.45. The van der Waals surface area contributed by atoms with Gasteiger partial charge in [0.15, 0.2) is 10.6 Å². The molecule has 116 valence electrons. The zero-order chi connectivity index (χ0) is 15.7. The van der Waals surface area contributed by atoms with E-state index in [4.69, 9.17) is 12.2 Å². The topological polar surface area (TPSA) is 62.7 Å². The predicted molar refractivity (Wildman–Crippen MR) is 90.0 cm³/mol. The minimum absolute atomic E-state index is 0.0615. The Morgan fingerprint density at radius 1 is 1.45 bits per heavy atom. The fourth-order valence-corrected chi connectivity index (χ4v) is 3.23. The lowest BCUT2D eigenvalue weighted by Crippen LogP contribution is -2.35. The van der Waals surface area contributed by atoms with Crippen LogP contribution in [0.1, 0.15) is 31.2 Å². The summed E-state index contributed by atoms with van der Waals surface area (Å²) in [7, 11) is 0. The smallest absolute Gasteiger partial charge is 0.231 e. The van der Waals surface area contributed by atoms with E-state index in [-0.39, 0.29) is 11.3 Å². The van der Waals surface area contributed by atoms with Crippen molar-refractivity contribution in [2.24, 2.45) is 0 Å².